The van der Waals surface area contributed by atoms with Gasteiger partial charge in [0.1, 0.15) is 17.2 Å². The molecule has 7 nitrogen and oxygen atoms in total. The van der Waals surface area contributed by atoms with E-state index in [1.807, 2.05) is 0 Å². The Kier molecular flexibility index (Phi) is 6.23. The van der Waals surface area contributed by atoms with Gasteiger partial charge >= 0.3 is 11.9 Å². The van der Waals surface area contributed by atoms with Gasteiger partial charge in [-0.25, -0.2) is 4.79 Å². The summed E-state index contributed by atoms with van der Waals surface area (Å²) in [5.41, 5.74) is 6.58. The van der Waals surface area contributed by atoms with E-state index in [2.05, 4.69) is 36.9 Å². The third-order valence-electron chi connectivity index (χ3n) is 3.71. The van der Waals surface area contributed by atoms with E-state index in [-0.39, 0.29) is 11.5 Å². The highest BCUT2D eigenvalue weighted by atomic mass is 79.9. The lowest BCUT2D eigenvalue weighted by Gasteiger charge is -2.31. The maximum Gasteiger partial charge on any atom is 0.339 e. The van der Waals surface area contributed by atoms with Crippen LogP contribution < -0.4 is 10.5 Å². The third-order valence-corrected chi connectivity index (χ3v) is 4.75. The number of methoxy groups -OCH3 is 2. The van der Waals surface area contributed by atoms with Crippen LogP contribution in [0.25, 0.3) is 0 Å². The van der Waals surface area contributed by atoms with E-state index in [0.717, 1.165) is 4.47 Å². The smallest absolute Gasteiger partial charge is 0.339 e. The van der Waals surface area contributed by atoms with Gasteiger partial charge in [-0.05, 0) is 28.1 Å². The highest BCUT2D eigenvalue weighted by Gasteiger charge is 2.42. The fraction of sp³-hybridized carbons (Fsp3) is 0.312. The van der Waals surface area contributed by atoms with Crippen molar-refractivity contribution in [1.82, 2.24) is 0 Å². The Balaban J connectivity index is 2.77. The number of carbonyl (C=O) groups is 2. The lowest BCUT2D eigenvalue weighted by molar-refractivity contribution is -0.143. The Morgan fingerprint density at radius 1 is 1.32 bits per heavy atom. The van der Waals surface area contributed by atoms with Gasteiger partial charge in [0.2, 0.25) is 5.88 Å². The standard InChI is InChI=1S/C16H16Br2N2O5/c1-20-6-9(15(21)23-2)11-8-4-7(17)5-10(18)13(8)25-14(19)12(11)16(22)24-3/h4-6,9,11H,19H2,1-3H3. The molecule has 0 aliphatic carbocycles. The minimum absolute atomic E-state index is 0.0373. The number of carbonyl (C=O) groups excluding carboxylic acids is 2. The summed E-state index contributed by atoms with van der Waals surface area (Å²) in [6.45, 7) is 0. The van der Waals surface area contributed by atoms with Gasteiger partial charge in [0, 0.05) is 29.2 Å². The summed E-state index contributed by atoms with van der Waals surface area (Å²) >= 11 is 6.81. The Morgan fingerprint density at radius 3 is 2.56 bits per heavy atom. The molecule has 1 heterocycles. The van der Waals surface area contributed by atoms with E-state index in [1.165, 1.54) is 27.5 Å². The molecule has 134 valence electrons. The number of halogens is 2. The fourth-order valence-electron chi connectivity index (χ4n) is 2.68. The Bertz CT molecular complexity index is 776. The number of fused-ring (bicyclic) bond motifs is 1. The summed E-state index contributed by atoms with van der Waals surface area (Å²) in [5, 5.41) is 0. The molecule has 9 heteroatoms. The van der Waals surface area contributed by atoms with Crippen molar-refractivity contribution >= 4 is 50.0 Å². The van der Waals surface area contributed by atoms with Crippen LogP contribution in [0.15, 0.2) is 37.5 Å². The zero-order valence-electron chi connectivity index (χ0n) is 13.7. The quantitative estimate of drug-likeness (QED) is 0.530. The minimum atomic E-state index is -0.883. The van der Waals surface area contributed by atoms with E-state index in [9.17, 15) is 9.59 Å². The molecule has 0 spiro atoms. The molecule has 0 saturated heterocycles. The summed E-state index contributed by atoms with van der Waals surface area (Å²) < 4.78 is 16.7. The molecule has 0 aromatic heterocycles. The van der Waals surface area contributed by atoms with E-state index in [1.54, 1.807) is 12.1 Å². The first-order chi connectivity index (χ1) is 11.8. The Hall–Kier alpha value is -1.87. The van der Waals surface area contributed by atoms with Crippen molar-refractivity contribution in [3.8, 4) is 5.75 Å². The highest BCUT2D eigenvalue weighted by Crippen LogP contribution is 2.47. The molecular formula is C16H16Br2N2O5. The predicted octanol–water partition coefficient (Wildman–Crippen LogP) is 2.52. The number of benzene rings is 1. The monoisotopic (exact) mass is 474 g/mol. The second kappa shape index (κ2) is 8.01. The van der Waals surface area contributed by atoms with Gasteiger partial charge in [-0.3, -0.25) is 9.79 Å². The van der Waals surface area contributed by atoms with Crippen molar-refractivity contribution in [1.29, 1.82) is 0 Å². The average molecular weight is 476 g/mol. The molecule has 2 unspecified atom stereocenters. The maximum atomic E-state index is 12.4. The predicted molar refractivity (Wildman–Crippen MR) is 98.4 cm³/mol. The summed E-state index contributed by atoms with van der Waals surface area (Å²) in [7, 11) is 4.02. The van der Waals surface area contributed by atoms with Crippen molar-refractivity contribution in [2.24, 2.45) is 16.6 Å². The van der Waals surface area contributed by atoms with Crippen molar-refractivity contribution in [2.75, 3.05) is 21.3 Å². The van der Waals surface area contributed by atoms with Crippen molar-refractivity contribution in [3.63, 3.8) is 0 Å². The molecule has 0 amide bonds. The molecule has 0 bridgehead atoms. The summed E-state index contributed by atoms with van der Waals surface area (Å²) in [6, 6.07) is 3.52. The van der Waals surface area contributed by atoms with Crippen LogP contribution in [0.1, 0.15) is 11.5 Å². The molecule has 0 fully saturated rings. The third kappa shape index (κ3) is 3.72. The molecule has 1 aromatic carbocycles. The topological polar surface area (TPSA) is 100 Å². The van der Waals surface area contributed by atoms with Gasteiger partial charge < -0.3 is 19.9 Å². The Labute approximate surface area is 161 Å². The average Bonchev–Trinajstić information content (AvgIpc) is 2.58. The first-order valence-electron chi connectivity index (χ1n) is 7.10. The molecule has 1 aliphatic heterocycles. The molecule has 2 N–H and O–H groups in total. The van der Waals surface area contributed by atoms with Gasteiger partial charge in [0.15, 0.2) is 0 Å². The van der Waals surface area contributed by atoms with Crippen LogP contribution in [0.2, 0.25) is 0 Å². The molecule has 25 heavy (non-hydrogen) atoms. The summed E-state index contributed by atoms with van der Waals surface area (Å²) in [6.07, 6.45) is 1.41. The molecule has 1 aliphatic rings. The van der Waals surface area contributed by atoms with Crippen LogP contribution in [-0.2, 0) is 19.1 Å². The second-order valence-electron chi connectivity index (χ2n) is 5.11. The number of aliphatic imine (C=N–C) groups is 1. The van der Waals surface area contributed by atoms with Gasteiger partial charge in [-0.1, -0.05) is 15.9 Å². The summed E-state index contributed by atoms with van der Waals surface area (Å²) in [5.74, 6) is -2.63. The zero-order valence-corrected chi connectivity index (χ0v) is 16.9. The van der Waals surface area contributed by atoms with Crippen LogP contribution in [0.3, 0.4) is 0 Å². The Morgan fingerprint density at radius 2 is 2.00 bits per heavy atom. The van der Waals surface area contributed by atoms with Crippen molar-refractivity contribution in [2.45, 2.75) is 5.92 Å². The van der Waals surface area contributed by atoms with Crippen molar-refractivity contribution < 1.29 is 23.8 Å². The van der Waals surface area contributed by atoms with Gasteiger partial charge in [-0.2, -0.15) is 0 Å². The highest BCUT2D eigenvalue weighted by molar-refractivity contribution is 9.11. The lowest BCUT2D eigenvalue weighted by atomic mass is 9.79. The van der Waals surface area contributed by atoms with E-state index >= 15 is 0 Å². The van der Waals surface area contributed by atoms with E-state index < -0.39 is 23.8 Å². The zero-order chi connectivity index (χ0) is 18.7. The molecule has 1 aromatic rings. The number of nitrogens with zero attached hydrogens (tertiary/aromatic N) is 1. The number of nitrogens with two attached hydrogens (primary N) is 1. The first kappa shape index (κ1) is 19.5. The van der Waals surface area contributed by atoms with Gasteiger partial charge in [0.05, 0.1) is 18.7 Å². The minimum Gasteiger partial charge on any atom is -0.468 e. The number of esters is 2. The summed E-state index contributed by atoms with van der Waals surface area (Å²) in [4.78, 5) is 28.6. The molecule has 2 rings (SSSR count). The van der Waals surface area contributed by atoms with E-state index in [0.29, 0.717) is 15.8 Å². The first-order valence-corrected chi connectivity index (χ1v) is 8.69. The number of rotatable bonds is 4. The second-order valence-corrected chi connectivity index (χ2v) is 6.88. The molecule has 2 atom stereocenters. The van der Waals surface area contributed by atoms with E-state index in [4.69, 9.17) is 19.9 Å². The number of hydrogen-bond acceptors (Lipinski definition) is 7. The van der Waals surface area contributed by atoms with Gasteiger partial charge in [0.25, 0.3) is 0 Å². The van der Waals surface area contributed by atoms with Gasteiger partial charge in [-0.15, -0.1) is 0 Å². The molecular weight excluding hydrogens is 460 g/mol. The molecule has 0 saturated carbocycles. The van der Waals surface area contributed by atoms with Crippen LogP contribution in [0.5, 0.6) is 5.75 Å². The van der Waals surface area contributed by atoms with Crippen LogP contribution in [0, 0.1) is 5.92 Å². The maximum absolute atomic E-state index is 12.4. The lowest BCUT2D eigenvalue weighted by Crippen LogP contribution is -2.34. The normalized spacial score (nSPS) is 17.7. The van der Waals surface area contributed by atoms with Crippen LogP contribution in [0.4, 0.5) is 0 Å². The molecule has 0 radical (unpaired) electrons. The van der Waals surface area contributed by atoms with Crippen molar-refractivity contribution in [3.05, 3.63) is 38.1 Å². The number of hydrogen-bond donors (Lipinski definition) is 1. The fourth-order valence-corrected chi connectivity index (χ4v) is 4.02. The largest absolute Gasteiger partial charge is 0.468 e. The van der Waals surface area contributed by atoms with Crippen LogP contribution in [-0.4, -0.2) is 39.4 Å². The number of ether oxygens (including phenoxy) is 3. The van der Waals surface area contributed by atoms with Crippen LogP contribution >= 0.6 is 31.9 Å². The SMILES string of the molecule is CN=CC(C(=O)OC)C1C(C(=O)OC)=C(N)Oc2c(Br)cc(Br)cc21.